The predicted octanol–water partition coefficient (Wildman–Crippen LogP) is 4.86. The summed E-state index contributed by atoms with van der Waals surface area (Å²) >= 11 is 1.35. The highest BCUT2D eigenvalue weighted by atomic mass is 32.1. The number of ether oxygens (including phenoxy) is 1. The molecule has 1 aromatic carbocycles. The first-order valence-corrected chi connectivity index (χ1v) is 8.88. The van der Waals surface area contributed by atoms with Crippen LogP contribution < -0.4 is 5.32 Å². The van der Waals surface area contributed by atoms with E-state index in [0.29, 0.717) is 16.3 Å². The first kappa shape index (κ1) is 17.9. The molecule has 0 spiro atoms. The van der Waals surface area contributed by atoms with E-state index in [0.717, 1.165) is 27.0 Å². The van der Waals surface area contributed by atoms with E-state index < -0.39 is 5.97 Å². The summed E-state index contributed by atoms with van der Waals surface area (Å²) in [5.41, 5.74) is 3.10. The Bertz CT molecular complexity index is 1030. The van der Waals surface area contributed by atoms with Gasteiger partial charge >= 0.3 is 5.97 Å². The Labute approximate surface area is 155 Å². The Hall–Kier alpha value is -2.86. The Morgan fingerprint density at radius 2 is 1.96 bits per heavy atom. The van der Waals surface area contributed by atoms with Gasteiger partial charge in [0.05, 0.1) is 12.7 Å². The van der Waals surface area contributed by atoms with E-state index in [4.69, 9.17) is 9.15 Å². The first-order chi connectivity index (χ1) is 12.4. The lowest BCUT2D eigenvalue weighted by Crippen LogP contribution is -2.11. The maximum absolute atomic E-state index is 12.3. The maximum Gasteiger partial charge on any atom is 0.341 e. The number of furan rings is 1. The summed E-state index contributed by atoms with van der Waals surface area (Å²) in [7, 11) is 1.32. The van der Waals surface area contributed by atoms with E-state index in [9.17, 15) is 9.59 Å². The fourth-order valence-electron chi connectivity index (χ4n) is 2.62. The van der Waals surface area contributed by atoms with Crippen LogP contribution in [0, 0.1) is 20.8 Å². The number of rotatable bonds is 4. The summed E-state index contributed by atoms with van der Waals surface area (Å²) in [6.07, 6.45) is 2.99. The van der Waals surface area contributed by atoms with Gasteiger partial charge in [0, 0.05) is 16.3 Å². The van der Waals surface area contributed by atoms with Crippen molar-refractivity contribution in [2.24, 2.45) is 0 Å². The van der Waals surface area contributed by atoms with E-state index in [1.54, 1.807) is 6.08 Å². The van der Waals surface area contributed by atoms with Crippen LogP contribution in [0.3, 0.4) is 0 Å². The molecule has 0 unspecified atom stereocenters. The van der Waals surface area contributed by atoms with E-state index in [1.807, 2.05) is 45.0 Å². The van der Waals surface area contributed by atoms with Crippen LogP contribution in [0.25, 0.3) is 17.0 Å². The van der Waals surface area contributed by atoms with Crippen molar-refractivity contribution in [3.63, 3.8) is 0 Å². The van der Waals surface area contributed by atoms with Gasteiger partial charge in [-0.1, -0.05) is 12.1 Å². The fourth-order valence-corrected chi connectivity index (χ4v) is 3.67. The molecule has 26 heavy (non-hydrogen) atoms. The van der Waals surface area contributed by atoms with Gasteiger partial charge in [0.15, 0.2) is 0 Å². The zero-order valence-electron chi connectivity index (χ0n) is 15.0. The molecule has 0 aliphatic heterocycles. The summed E-state index contributed by atoms with van der Waals surface area (Å²) in [5, 5.41) is 4.22. The van der Waals surface area contributed by atoms with Crippen molar-refractivity contribution in [2.75, 3.05) is 12.4 Å². The van der Waals surface area contributed by atoms with Crippen LogP contribution in [0.1, 0.15) is 32.1 Å². The summed E-state index contributed by atoms with van der Waals surface area (Å²) < 4.78 is 10.5. The first-order valence-electron chi connectivity index (χ1n) is 8.06. The van der Waals surface area contributed by atoms with Gasteiger partial charge in [-0.05, 0) is 50.1 Å². The van der Waals surface area contributed by atoms with Gasteiger partial charge < -0.3 is 14.5 Å². The van der Waals surface area contributed by atoms with Crippen molar-refractivity contribution in [1.29, 1.82) is 0 Å². The third-order valence-electron chi connectivity index (χ3n) is 4.11. The number of hydrogen-bond donors (Lipinski definition) is 1. The molecule has 3 aromatic rings. The third kappa shape index (κ3) is 3.55. The van der Waals surface area contributed by atoms with Crippen molar-refractivity contribution in [2.45, 2.75) is 20.8 Å². The van der Waals surface area contributed by atoms with Crippen LogP contribution in [-0.2, 0) is 9.53 Å². The highest BCUT2D eigenvalue weighted by molar-refractivity contribution is 7.16. The smallest absolute Gasteiger partial charge is 0.341 e. The molecule has 5 nitrogen and oxygen atoms in total. The van der Waals surface area contributed by atoms with Gasteiger partial charge in [-0.15, -0.1) is 11.3 Å². The number of benzene rings is 1. The summed E-state index contributed by atoms with van der Waals surface area (Å²) in [6.45, 7) is 5.73. The lowest BCUT2D eigenvalue weighted by atomic mass is 10.1. The molecule has 0 saturated carbocycles. The Kier molecular flexibility index (Phi) is 4.95. The summed E-state index contributed by atoms with van der Waals surface area (Å²) in [5.74, 6) is -0.209. The number of aryl methyl sites for hydroxylation is 2. The summed E-state index contributed by atoms with van der Waals surface area (Å²) in [6, 6.07) is 7.81. The number of carbonyl (C=O) groups excluding carboxylic acids is 2. The molecule has 134 valence electrons. The van der Waals surface area contributed by atoms with Crippen molar-refractivity contribution < 1.29 is 18.7 Å². The number of esters is 1. The molecule has 0 radical (unpaired) electrons. The van der Waals surface area contributed by atoms with Crippen LogP contribution in [0.4, 0.5) is 5.00 Å². The molecule has 1 amide bonds. The molecule has 0 aliphatic carbocycles. The van der Waals surface area contributed by atoms with Crippen molar-refractivity contribution in [3.8, 4) is 0 Å². The molecule has 6 heteroatoms. The lowest BCUT2D eigenvalue weighted by molar-refractivity contribution is -0.111. The number of thiophene rings is 1. The predicted molar refractivity (Wildman–Crippen MR) is 104 cm³/mol. The molecule has 0 fully saturated rings. The van der Waals surface area contributed by atoms with Crippen molar-refractivity contribution in [3.05, 3.63) is 57.7 Å². The SMILES string of the molecule is COC(=O)c1c(NC(=O)/C=C/c2cc3ccc(C)cc3o2)sc(C)c1C. The minimum Gasteiger partial charge on any atom is -0.465 e. The number of nitrogens with one attached hydrogen (secondary N) is 1. The van der Waals surface area contributed by atoms with Gasteiger partial charge in [-0.25, -0.2) is 4.79 Å². The standard InChI is InChI=1S/C20H19NO4S/c1-11-5-6-14-10-15(25-16(14)9-11)7-8-17(22)21-19-18(20(23)24-4)12(2)13(3)26-19/h5-10H,1-4H3,(H,21,22)/b8-7+. The zero-order chi connectivity index (χ0) is 18.8. The van der Waals surface area contributed by atoms with Crippen molar-refractivity contribution in [1.82, 2.24) is 0 Å². The molecule has 0 aliphatic rings. The quantitative estimate of drug-likeness (QED) is 0.527. The number of hydrogen-bond acceptors (Lipinski definition) is 5. The van der Waals surface area contributed by atoms with Gasteiger partial charge in [0.1, 0.15) is 16.3 Å². The Balaban J connectivity index is 1.79. The average Bonchev–Trinajstić information content (AvgIpc) is 3.12. The molecule has 1 N–H and O–H groups in total. The second-order valence-corrected chi connectivity index (χ2v) is 7.22. The van der Waals surface area contributed by atoms with E-state index in [1.165, 1.54) is 24.5 Å². The van der Waals surface area contributed by atoms with Gasteiger partial charge in [0.25, 0.3) is 0 Å². The monoisotopic (exact) mass is 369 g/mol. The molecule has 3 rings (SSSR count). The lowest BCUT2D eigenvalue weighted by Gasteiger charge is -2.03. The Morgan fingerprint density at radius 1 is 1.19 bits per heavy atom. The van der Waals surface area contributed by atoms with Crippen LogP contribution in [0.2, 0.25) is 0 Å². The normalized spacial score (nSPS) is 11.2. The van der Waals surface area contributed by atoms with Gasteiger partial charge in [0.2, 0.25) is 5.91 Å². The zero-order valence-corrected chi connectivity index (χ0v) is 15.8. The van der Waals surface area contributed by atoms with Crippen molar-refractivity contribution >= 4 is 45.3 Å². The third-order valence-corrected chi connectivity index (χ3v) is 5.23. The maximum atomic E-state index is 12.3. The molecule has 2 aromatic heterocycles. The van der Waals surface area contributed by atoms with Crippen LogP contribution in [0.5, 0.6) is 0 Å². The van der Waals surface area contributed by atoms with Gasteiger partial charge in [-0.2, -0.15) is 0 Å². The number of fused-ring (bicyclic) bond motifs is 1. The highest BCUT2D eigenvalue weighted by Gasteiger charge is 2.21. The Morgan fingerprint density at radius 3 is 2.69 bits per heavy atom. The number of anilines is 1. The average molecular weight is 369 g/mol. The fraction of sp³-hybridized carbons (Fsp3) is 0.200. The largest absolute Gasteiger partial charge is 0.465 e. The molecule has 2 heterocycles. The van der Waals surface area contributed by atoms with E-state index in [2.05, 4.69) is 5.32 Å². The number of carbonyl (C=O) groups is 2. The number of amides is 1. The molecular formula is C20H19NO4S. The second kappa shape index (κ2) is 7.17. The molecule has 0 bridgehead atoms. The van der Waals surface area contributed by atoms with Crippen LogP contribution in [-0.4, -0.2) is 19.0 Å². The molecular weight excluding hydrogens is 350 g/mol. The van der Waals surface area contributed by atoms with E-state index in [-0.39, 0.29) is 5.91 Å². The summed E-state index contributed by atoms with van der Waals surface area (Å²) in [4.78, 5) is 25.2. The van der Waals surface area contributed by atoms with Gasteiger partial charge in [-0.3, -0.25) is 4.79 Å². The minimum absolute atomic E-state index is 0.340. The van der Waals surface area contributed by atoms with E-state index >= 15 is 0 Å². The highest BCUT2D eigenvalue weighted by Crippen LogP contribution is 2.33. The topological polar surface area (TPSA) is 68.5 Å². The minimum atomic E-state index is -0.459. The second-order valence-electron chi connectivity index (χ2n) is 5.99. The molecule has 0 atom stereocenters. The van der Waals surface area contributed by atoms with Crippen LogP contribution in [0.15, 0.2) is 34.8 Å². The molecule has 0 saturated heterocycles. The van der Waals surface area contributed by atoms with Crippen LogP contribution >= 0.6 is 11.3 Å². The number of methoxy groups -OCH3 is 1.